The van der Waals surface area contributed by atoms with Crippen LogP contribution in [0.1, 0.15) is 12.8 Å². The topological polar surface area (TPSA) is 104 Å². The van der Waals surface area contributed by atoms with Gasteiger partial charge in [0.25, 0.3) is 0 Å². The maximum absolute atomic E-state index is 11.4. The van der Waals surface area contributed by atoms with Gasteiger partial charge in [0, 0.05) is 25.6 Å². The van der Waals surface area contributed by atoms with E-state index in [1.54, 1.807) is 0 Å². The highest BCUT2D eigenvalue weighted by Crippen LogP contribution is 2.05. The summed E-state index contributed by atoms with van der Waals surface area (Å²) in [6.07, 6.45) is 1.95. The number of hydrogen-bond donors (Lipinski definition) is 2. The number of hydrogen-bond acceptors (Lipinski definition) is 8. The Morgan fingerprint density at radius 1 is 0.875 bits per heavy atom. The lowest BCUT2D eigenvalue weighted by Crippen LogP contribution is -2.16. The van der Waals surface area contributed by atoms with Crippen molar-refractivity contribution < 1.29 is 38.7 Å². The summed E-state index contributed by atoms with van der Waals surface area (Å²) in [7, 11) is 0. The summed E-state index contributed by atoms with van der Waals surface area (Å²) < 4.78 is 25.6. The third kappa shape index (κ3) is 15.7. The molecule has 0 aliphatic rings. The Bertz CT molecular complexity index is 294. The predicted molar refractivity (Wildman–Crippen MR) is 86.5 cm³/mol. The molecule has 0 aliphatic carbocycles. The molecule has 8 nitrogen and oxygen atoms in total. The van der Waals surface area contributed by atoms with Crippen LogP contribution in [0, 0.1) is 5.92 Å². The molecule has 0 aromatic heterocycles. The summed E-state index contributed by atoms with van der Waals surface area (Å²) in [6.45, 7) is 6.40. The molecule has 24 heavy (non-hydrogen) atoms. The van der Waals surface area contributed by atoms with Crippen molar-refractivity contribution in [3.63, 3.8) is 0 Å². The van der Waals surface area contributed by atoms with Crippen molar-refractivity contribution in [2.75, 3.05) is 66.1 Å². The van der Waals surface area contributed by atoms with Crippen LogP contribution in [-0.4, -0.2) is 82.3 Å². The van der Waals surface area contributed by atoms with E-state index >= 15 is 0 Å². The third-order valence-corrected chi connectivity index (χ3v) is 2.97. The van der Waals surface area contributed by atoms with Crippen molar-refractivity contribution in [1.82, 2.24) is 0 Å². The summed E-state index contributed by atoms with van der Waals surface area (Å²) in [5.74, 6) is -0.635. The Morgan fingerprint density at radius 2 is 1.38 bits per heavy atom. The van der Waals surface area contributed by atoms with Crippen molar-refractivity contribution >= 4 is 5.97 Å². The second-order valence-electron chi connectivity index (χ2n) is 4.86. The number of rotatable bonds is 18. The first-order valence-electron chi connectivity index (χ1n) is 8.07. The minimum absolute atomic E-state index is 0.138. The number of carbonyl (C=O) groups is 1. The molecule has 0 spiro atoms. The van der Waals surface area contributed by atoms with E-state index in [2.05, 4.69) is 6.58 Å². The van der Waals surface area contributed by atoms with E-state index in [0.29, 0.717) is 52.7 Å². The van der Waals surface area contributed by atoms with E-state index in [0.717, 1.165) is 0 Å². The molecule has 0 aliphatic heterocycles. The number of esters is 1. The SMILES string of the molecule is C=COCCOCCOCCOCCOC(=O)CCC(CO)CO. The van der Waals surface area contributed by atoms with Gasteiger partial charge in [-0.2, -0.15) is 0 Å². The van der Waals surface area contributed by atoms with Gasteiger partial charge >= 0.3 is 5.97 Å². The van der Waals surface area contributed by atoms with Gasteiger partial charge in [-0.15, -0.1) is 0 Å². The summed E-state index contributed by atoms with van der Waals surface area (Å²) in [5.41, 5.74) is 0. The zero-order chi connectivity index (χ0) is 17.9. The third-order valence-electron chi connectivity index (χ3n) is 2.97. The van der Waals surface area contributed by atoms with E-state index in [9.17, 15) is 4.79 Å². The van der Waals surface area contributed by atoms with E-state index < -0.39 is 0 Å². The van der Waals surface area contributed by atoms with E-state index in [-0.39, 0.29) is 38.1 Å². The first-order chi connectivity index (χ1) is 11.7. The molecule has 0 heterocycles. The van der Waals surface area contributed by atoms with Crippen LogP contribution in [0.25, 0.3) is 0 Å². The highest BCUT2D eigenvalue weighted by molar-refractivity contribution is 5.69. The Hall–Kier alpha value is -1.19. The molecule has 0 atom stereocenters. The standard InChI is InChI=1S/C16H30O8/c1-2-20-5-6-21-7-8-22-9-10-23-11-12-24-16(19)4-3-15(13-17)14-18/h2,15,17-18H,1,3-14H2. The zero-order valence-electron chi connectivity index (χ0n) is 14.2. The van der Waals surface area contributed by atoms with Crippen LogP contribution in [0.15, 0.2) is 12.8 Å². The smallest absolute Gasteiger partial charge is 0.305 e. The van der Waals surface area contributed by atoms with E-state index in [1.165, 1.54) is 6.26 Å². The Balaban J connectivity index is 3.21. The van der Waals surface area contributed by atoms with Gasteiger partial charge < -0.3 is 33.9 Å². The number of carbonyl (C=O) groups excluding carboxylic acids is 1. The maximum Gasteiger partial charge on any atom is 0.305 e. The van der Waals surface area contributed by atoms with Crippen LogP contribution in [0.3, 0.4) is 0 Å². The van der Waals surface area contributed by atoms with Crippen molar-refractivity contribution in [1.29, 1.82) is 0 Å². The van der Waals surface area contributed by atoms with Crippen LogP contribution in [0.5, 0.6) is 0 Å². The van der Waals surface area contributed by atoms with Crippen LogP contribution in [0.4, 0.5) is 0 Å². The average Bonchev–Trinajstić information content (AvgIpc) is 2.60. The second-order valence-corrected chi connectivity index (χ2v) is 4.86. The van der Waals surface area contributed by atoms with Crippen molar-refractivity contribution in [2.24, 2.45) is 5.92 Å². The Kier molecular flexibility index (Phi) is 17.3. The molecular weight excluding hydrogens is 320 g/mol. The molecule has 2 N–H and O–H groups in total. The normalized spacial score (nSPS) is 10.8. The molecule has 142 valence electrons. The van der Waals surface area contributed by atoms with Gasteiger partial charge in [0.2, 0.25) is 0 Å². The molecule has 8 heteroatoms. The molecule has 0 fully saturated rings. The average molecular weight is 350 g/mol. The van der Waals surface area contributed by atoms with Gasteiger partial charge in [-0.1, -0.05) is 6.58 Å². The second kappa shape index (κ2) is 18.2. The summed E-state index contributed by atoms with van der Waals surface area (Å²) in [6, 6.07) is 0. The molecule has 0 unspecified atom stereocenters. The first-order valence-corrected chi connectivity index (χ1v) is 8.07. The van der Waals surface area contributed by atoms with Crippen molar-refractivity contribution in [3.8, 4) is 0 Å². The van der Waals surface area contributed by atoms with Gasteiger partial charge in [-0.05, 0) is 6.42 Å². The molecule has 0 bridgehead atoms. The summed E-state index contributed by atoms with van der Waals surface area (Å²) in [5, 5.41) is 17.8. The molecule has 0 radical (unpaired) electrons. The van der Waals surface area contributed by atoms with Crippen LogP contribution < -0.4 is 0 Å². The monoisotopic (exact) mass is 350 g/mol. The minimum Gasteiger partial charge on any atom is -0.499 e. The Labute approximate surface area is 143 Å². The minimum atomic E-state index is -0.362. The molecular formula is C16H30O8. The molecule has 0 rings (SSSR count). The van der Waals surface area contributed by atoms with Gasteiger partial charge in [0.1, 0.15) is 13.2 Å². The van der Waals surface area contributed by atoms with Gasteiger partial charge in [-0.25, -0.2) is 0 Å². The van der Waals surface area contributed by atoms with Gasteiger partial charge in [0.15, 0.2) is 0 Å². The summed E-state index contributed by atoms with van der Waals surface area (Å²) in [4.78, 5) is 11.4. The van der Waals surface area contributed by atoms with Crippen LogP contribution in [-0.2, 0) is 28.5 Å². The highest BCUT2D eigenvalue weighted by Gasteiger charge is 2.10. The lowest BCUT2D eigenvalue weighted by molar-refractivity contribution is -0.145. The maximum atomic E-state index is 11.4. The van der Waals surface area contributed by atoms with Gasteiger partial charge in [-0.3, -0.25) is 4.79 Å². The fourth-order valence-electron chi connectivity index (χ4n) is 1.58. The van der Waals surface area contributed by atoms with Gasteiger partial charge in [0.05, 0.1) is 45.9 Å². The van der Waals surface area contributed by atoms with E-state index in [4.69, 9.17) is 33.9 Å². The molecule has 0 saturated carbocycles. The van der Waals surface area contributed by atoms with Crippen LogP contribution >= 0.6 is 0 Å². The molecule has 0 aromatic rings. The zero-order valence-corrected chi connectivity index (χ0v) is 14.2. The lowest BCUT2D eigenvalue weighted by atomic mass is 10.1. The predicted octanol–water partition coefficient (Wildman–Crippen LogP) is 0.121. The molecule has 0 saturated heterocycles. The largest absolute Gasteiger partial charge is 0.499 e. The van der Waals surface area contributed by atoms with Crippen molar-refractivity contribution in [3.05, 3.63) is 12.8 Å². The fourth-order valence-corrected chi connectivity index (χ4v) is 1.58. The van der Waals surface area contributed by atoms with Crippen molar-refractivity contribution in [2.45, 2.75) is 12.8 Å². The summed E-state index contributed by atoms with van der Waals surface area (Å²) >= 11 is 0. The lowest BCUT2D eigenvalue weighted by Gasteiger charge is -2.10. The molecule has 0 amide bonds. The quantitative estimate of drug-likeness (QED) is 0.204. The fraction of sp³-hybridized carbons (Fsp3) is 0.812. The number of ether oxygens (including phenoxy) is 5. The first kappa shape index (κ1) is 22.8. The molecule has 0 aromatic carbocycles. The highest BCUT2D eigenvalue weighted by atomic mass is 16.6. The number of aliphatic hydroxyl groups is 2. The Morgan fingerprint density at radius 3 is 1.88 bits per heavy atom. The van der Waals surface area contributed by atoms with Crippen LogP contribution in [0.2, 0.25) is 0 Å². The number of aliphatic hydroxyl groups excluding tert-OH is 2. The van der Waals surface area contributed by atoms with E-state index in [1.807, 2.05) is 0 Å².